The molecule has 200 valence electrons. The molecule has 3 aliphatic rings. The van der Waals surface area contributed by atoms with Crippen LogP contribution in [0.25, 0.3) is 5.76 Å². The minimum absolute atomic E-state index is 0.113. The molecule has 37 heavy (non-hydrogen) atoms. The van der Waals surface area contributed by atoms with E-state index >= 15 is 0 Å². The van der Waals surface area contributed by atoms with E-state index in [0.717, 1.165) is 6.07 Å². The van der Waals surface area contributed by atoms with Crippen LogP contribution < -0.4 is 9.92 Å². The Bertz CT molecular complexity index is 1410. The third-order valence-corrected chi connectivity index (χ3v) is 7.89. The zero-order valence-electron chi connectivity index (χ0n) is 19.2. The van der Waals surface area contributed by atoms with Crippen molar-refractivity contribution in [2.75, 3.05) is 14.1 Å². The van der Waals surface area contributed by atoms with Crippen LogP contribution in [0.3, 0.4) is 0 Å². The molecule has 1 aromatic rings. The number of hydrogen-bond donors (Lipinski definition) is 4. The fourth-order valence-corrected chi connectivity index (χ4v) is 5.87. The lowest BCUT2D eigenvalue weighted by atomic mass is 9.57. The van der Waals surface area contributed by atoms with E-state index in [9.17, 15) is 51.3 Å². The molecule has 1 amide bonds. The molecular weight excluding hydrogens is 525 g/mol. The topological polar surface area (TPSA) is 185 Å². The number of likely N-dealkylation sites (N-methyl/N-ethyl adjacent to an activating group) is 1. The number of amides is 1. The molecule has 1 saturated carbocycles. The van der Waals surface area contributed by atoms with Crippen LogP contribution in [0.4, 0.5) is 13.2 Å². The van der Waals surface area contributed by atoms with Crippen LogP contribution in [-0.2, 0) is 30.9 Å². The molecule has 3 aliphatic carbocycles. The van der Waals surface area contributed by atoms with Gasteiger partial charge in [0.25, 0.3) is 5.91 Å². The zero-order valence-corrected chi connectivity index (χ0v) is 20.1. The van der Waals surface area contributed by atoms with Crippen LogP contribution in [-0.4, -0.2) is 77.4 Å². The second-order valence-electron chi connectivity index (χ2n) is 9.24. The average molecular weight is 546 g/mol. The Morgan fingerprint density at radius 1 is 1.22 bits per heavy atom. The number of aliphatic hydroxyl groups excluding tert-OH is 2. The Morgan fingerprint density at radius 2 is 1.84 bits per heavy atom. The first-order valence-corrected chi connectivity index (χ1v) is 12.1. The van der Waals surface area contributed by atoms with E-state index < -0.39 is 90.6 Å². The molecule has 0 heterocycles. The number of aliphatic hydroxyl groups is 3. The Hall–Kier alpha value is -3.43. The smallest absolute Gasteiger partial charge is 0.508 e. The summed E-state index contributed by atoms with van der Waals surface area (Å²) >= 11 is 0. The van der Waals surface area contributed by atoms with E-state index in [1.165, 1.54) is 31.1 Å². The van der Waals surface area contributed by atoms with Crippen molar-refractivity contribution in [2.45, 2.75) is 30.0 Å². The fraction of sp³-hybridized carbons (Fsp3) is 0.409. The van der Waals surface area contributed by atoms with Crippen LogP contribution in [0, 0.1) is 11.8 Å². The molecule has 0 spiro atoms. The molecule has 4 atom stereocenters. The number of nitrogens with two attached hydrogens (primary N) is 1. The molecule has 15 heteroatoms. The molecule has 0 aliphatic heterocycles. The number of Topliss-reactive ketones (excluding diaryl/α,β-unsaturated/α-hetero) is 2. The number of fused-ring (bicyclic) bond motifs is 3. The predicted molar refractivity (Wildman–Crippen MR) is 118 cm³/mol. The fourth-order valence-electron chi connectivity index (χ4n) is 5.40. The highest BCUT2D eigenvalue weighted by Crippen LogP contribution is 2.52. The lowest BCUT2D eigenvalue weighted by molar-refractivity contribution is -0.153. The van der Waals surface area contributed by atoms with E-state index in [-0.39, 0.29) is 18.4 Å². The predicted octanol–water partition coefficient (Wildman–Crippen LogP) is 0.487. The van der Waals surface area contributed by atoms with Crippen molar-refractivity contribution in [3.63, 3.8) is 0 Å². The number of halogens is 3. The summed E-state index contributed by atoms with van der Waals surface area (Å²) in [5.41, 5.74) is -5.36. The van der Waals surface area contributed by atoms with Crippen LogP contribution in [0.1, 0.15) is 17.5 Å². The van der Waals surface area contributed by atoms with E-state index in [1.54, 1.807) is 0 Å². The van der Waals surface area contributed by atoms with E-state index in [2.05, 4.69) is 4.18 Å². The Morgan fingerprint density at radius 3 is 2.38 bits per heavy atom. The largest absolute Gasteiger partial charge is 0.534 e. The molecule has 1 aromatic carbocycles. The summed E-state index contributed by atoms with van der Waals surface area (Å²) in [5, 5.41) is 33.3. The van der Waals surface area contributed by atoms with Gasteiger partial charge in [-0.05, 0) is 44.5 Å². The monoisotopic (exact) mass is 546 g/mol. The second kappa shape index (κ2) is 8.29. The molecule has 0 unspecified atom stereocenters. The number of rotatable bonds is 4. The van der Waals surface area contributed by atoms with Crippen molar-refractivity contribution < 1.29 is 55.5 Å². The van der Waals surface area contributed by atoms with Gasteiger partial charge in [0.1, 0.15) is 17.1 Å². The first-order valence-electron chi connectivity index (χ1n) is 10.7. The lowest BCUT2D eigenvalue weighted by Crippen LogP contribution is -2.65. The van der Waals surface area contributed by atoms with Gasteiger partial charge in [-0.1, -0.05) is 12.1 Å². The zero-order chi connectivity index (χ0) is 27.8. The van der Waals surface area contributed by atoms with Gasteiger partial charge in [-0.15, -0.1) is 0 Å². The van der Waals surface area contributed by atoms with Crippen molar-refractivity contribution in [1.82, 2.24) is 4.90 Å². The lowest BCUT2D eigenvalue weighted by Gasteiger charge is -2.50. The number of ketones is 2. The number of alkyl halides is 3. The molecule has 5 N–H and O–H groups in total. The number of hydrogen-bond acceptors (Lipinski definition) is 10. The van der Waals surface area contributed by atoms with Crippen molar-refractivity contribution in [2.24, 2.45) is 17.6 Å². The van der Waals surface area contributed by atoms with Crippen molar-refractivity contribution >= 4 is 33.4 Å². The molecular formula is C22H21F3N2O9S. The SMILES string of the molecule is CN(C)[C@@H]1C(=O)C(C(N)=O)=C(O)[C@@]2(O)C(=O)C3=C(O)c4c(cccc4OS(=O)(=O)C(F)(F)F)C[C@H]3C[C@@H]12. The molecule has 11 nitrogen and oxygen atoms in total. The minimum Gasteiger partial charge on any atom is -0.508 e. The number of carbonyl (C=O) groups excluding carboxylic acids is 3. The number of carbonyl (C=O) groups is 3. The van der Waals surface area contributed by atoms with Crippen molar-refractivity contribution in [3.05, 3.63) is 46.2 Å². The van der Waals surface area contributed by atoms with Crippen LogP contribution >= 0.6 is 0 Å². The summed E-state index contributed by atoms with van der Waals surface area (Å²) in [5.74, 6) is -9.01. The van der Waals surface area contributed by atoms with Gasteiger partial charge < -0.3 is 25.2 Å². The third-order valence-electron chi connectivity index (χ3n) is 6.92. The van der Waals surface area contributed by atoms with Gasteiger partial charge in [-0.2, -0.15) is 21.6 Å². The van der Waals surface area contributed by atoms with Gasteiger partial charge in [0.05, 0.1) is 11.6 Å². The summed E-state index contributed by atoms with van der Waals surface area (Å²) in [6.45, 7) is 0. The molecule has 0 radical (unpaired) electrons. The summed E-state index contributed by atoms with van der Waals surface area (Å²) in [7, 11) is -3.25. The summed E-state index contributed by atoms with van der Waals surface area (Å²) in [4.78, 5) is 39.9. The quantitative estimate of drug-likeness (QED) is 0.235. The first kappa shape index (κ1) is 26.6. The molecule has 0 bridgehead atoms. The van der Waals surface area contributed by atoms with Gasteiger partial charge in [0.15, 0.2) is 17.1 Å². The summed E-state index contributed by atoms with van der Waals surface area (Å²) < 4.78 is 66.2. The molecule has 1 fully saturated rings. The van der Waals surface area contributed by atoms with Crippen molar-refractivity contribution in [3.8, 4) is 5.75 Å². The molecule has 4 rings (SSSR count). The second-order valence-corrected chi connectivity index (χ2v) is 10.8. The summed E-state index contributed by atoms with van der Waals surface area (Å²) in [6.07, 6.45) is -0.296. The van der Waals surface area contributed by atoms with Crippen LogP contribution in [0.15, 0.2) is 35.1 Å². The maximum Gasteiger partial charge on any atom is 0.534 e. The maximum atomic E-state index is 13.7. The standard InChI is InChI=1S/C22H21F3N2O9S/c1-27(2)15-10-7-9-6-8-4-3-5-11(36-37(34,35)22(23,24)25)12(8)16(28)13(9)18(30)21(10,33)19(31)14(17(15)29)20(26)32/h3-5,9-10,15,28,31,33H,6-7H2,1-2H3,(H2,26,32)/t9-,10-,15-,21-/m0/s1. The Labute approximate surface area is 207 Å². The highest BCUT2D eigenvalue weighted by Gasteiger charge is 2.64. The Kier molecular flexibility index (Phi) is 5.97. The number of benzene rings is 1. The molecule has 0 saturated heterocycles. The Balaban J connectivity index is 1.93. The van der Waals surface area contributed by atoms with Gasteiger partial charge in [0.2, 0.25) is 5.78 Å². The van der Waals surface area contributed by atoms with Crippen LogP contribution in [0.2, 0.25) is 0 Å². The van der Waals surface area contributed by atoms with Gasteiger partial charge in [0, 0.05) is 11.5 Å². The molecule has 0 aromatic heterocycles. The van der Waals surface area contributed by atoms with Crippen LogP contribution in [0.5, 0.6) is 5.75 Å². The van der Waals surface area contributed by atoms with Gasteiger partial charge in [-0.25, -0.2) is 0 Å². The minimum atomic E-state index is -6.14. The summed E-state index contributed by atoms with van der Waals surface area (Å²) in [6, 6.07) is 2.14. The number of primary amides is 1. The third kappa shape index (κ3) is 3.71. The van der Waals surface area contributed by atoms with Gasteiger partial charge in [-0.3, -0.25) is 19.3 Å². The highest BCUT2D eigenvalue weighted by molar-refractivity contribution is 7.88. The maximum absolute atomic E-state index is 13.7. The number of nitrogens with zero attached hydrogens (tertiary/aromatic N) is 1. The average Bonchev–Trinajstić information content (AvgIpc) is 2.75. The van der Waals surface area contributed by atoms with E-state index in [0.29, 0.717) is 0 Å². The van der Waals surface area contributed by atoms with Gasteiger partial charge >= 0.3 is 15.6 Å². The van der Waals surface area contributed by atoms with E-state index in [4.69, 9.17) is 5.73 Å². The van der Waals surface area contributed by atoms with E-state index in [1.807, 2.05) is 0 Å². The normalized spacial score (nSPS) is 28.1. The van der Waals surface area contributed by atoms with Crippen molar-refractivity contribution in [1.29, 1.82) is 0 Å². The highest BCUT2D eigenvalue weighted by atomic mass is 32.2. The first-order chi connectivity index (χ1) is 16.9.